The topological polar surface area (TPSA) is 211 Å². The van der Waals surface area contributed by atoms with Crippen LogP contribution < -0.4 is 4.74 Å². The number of carbonyl (C=O) groups excluding carboxylic acids is 4. The van der Waals surface area contributed by atoms with Crippen molar-refractivity contribution in [1.29, 1.82) is 0 Å². The number of aromatic nitrogens is 8. The normalized spacial score (nSPS) is 12.6. The highest BCUT2D eigenvalue weighted by atomic mass is 16.6. The molecule has 1 saturated heterocycles. The molecule has 360 valence electrons. The Kier molecular flexibility index (Phi) is 21.8. The van der Waals surface area contributed by atoms with E-state index in [-0.39, 0.29) is 38.4 Å². The third-order valence-electron chi connectivity index (χ3n) is 10.8. The molecule has 1 N–H and O–H groups in total. The number of hydrogen-bond donors (Lipinski definition) is 1. The number of ketones is 2. The zero-order valence-electron chi connectivity index (χ0n) is 39.0. The number of fused-ring (bicyclic) bond motifs is 1. The third-order valence-corrected chi connectivity index (χ3v) is 10.8. The van der Waals surface area contributed by atoms with Gasteiger partial charge in [0.2, 0.25) is 0 Å². The number of benzene rings is 1. The number of nitrogens with one attached hydrogen (secondary N) is 1. The summed E-state index contributed by atoms with van der Waals surface area (Å²) < 4.78 is 31.1. The lowest BCUT2D eigenvalue weighted by Crippen LogP contribution is -2.52. The number of amides is 2. The minimum absolute atomic E-state index is 0. The Morgan fingerprint density at radius 2 is 1.42 bits per heavy atom. The van der Waals surface area contributed by atoms with Crippen LogP contribution in [-0.2, 0) is 48.1 Å². The van der Waals surface area contributed by atoms with Gasteiger partial charge in [-0.3, -0.25) is 14.4 Å². The molecule has 1 aromatic carbocycles. The molecule has 0 saturated carbocycles. The molecule has 0 aliphatic carbocycles. The van der Waals surface area contributed by atoms with Crippen molar-refractivity contribution in [2.45, 2.75) is 91.7 Å². The molecule has 0 spiro atoms. The van der Waals surface area contributed by atoms with Crippen molar-refractivity contribution in [2.75, 3.05) is 79.5 Å². The molecule has 1 fully saturated rings. The molecule has 66 heavy (non-hydrogen) atoms. The summed E-state index contributed by atoms with van der Waals surface area (Å²) in [6.07, 6.45) is 17.3. The molecular formula is C47H68N10O9. The summed E-state index contributed by atoms with van der Waals surface area (Å²) in [5.74, 6) is -0.290. The number of methoxy groups -OCH3 is 1. The fourth-order valence-electron chi connectivity index (χ4n) is 7.09. The Bertz CT molecular complexity index is 2240. The number of nitrogens with zero attached hydrogens (tertiary/aromatic N) is 9. The molecule has 5 heterocycles. The summed E-state index contributed by atoms with van der Waals surface area (Å²) in [4.78, 5) is 66.0. The summed E-state index contributed by atoms with van der Waals surface area (Å²) in [7, 11) is 1.46. The first-order valence-electron chi connectivity index (χ1n) is 23.1. The fourth-order valence-corrected chi connectivity index (χ4v) is 7.09. The van der Waals surface area contributed by atoms with Crippen LogP contribution >= 0.6 is 0 Å². The summed E-state index contributed by atoms with van der Waals surface area (Å²) in [6.45, 7) is 10.7. The molecule has 4 aromatic heterocycles. The predicted molar refractivity (Wildman–Crippen MR) is 248 cm³/mol. The quantitative estimate of drug-likeness (QED) is 0.0363. The van der Waals surface area contributed by atoms with Gasteiger partial charge in [0.15, 0.2) is 11.6 Å². The number of rotatable bonds is 28. The van der Waals surface area contributed by atoms with Gasteiger partial charge in [-0.15, -0.1) is 10.2 Å². The van der Waals surface area contributed by atoms with Crippen LogP contribution in [-0.4, -0.2) is 152 Å². The highest BCUT2D eigenvalue weighted by Crippen LogP contribution is 2.32. The van der Waals surface area contributed by atoms with E-state index in [2.05, 4.69) is 44.2 Å². The Morgan fingerprint density at radius 3 is 2.08 bits per heavy atom. The molecule has 2 amide bonds. The number of Topliss-reactive ketones (excluding diaryl/α,β-unsaturated/α-hetero) is 2. The molecule has 6 rings (SSSR count). The maximum Gasteiger partial charge on any atom is 0.295 e. The molecule has 0 bridgehead atoms. The largest absolute Gasteiger partial charge is 0.494 e. The molecule has 1 aliphatic heterocycles. The minimum atomic E-state index is -0.705. The molecule has 5 aromatic rings. The van der Waals surface area contributed by atoms with Gasteiger partial charge in [0.25, 0.3) is 17.6 Å². The number of aryl methyl sites for hydroxylation is 1. The summed E-state index contributed by atoms with van der Waals surface area (Å²) in [6, 6.07) is 8.96. The van der Waals surface area contributed by atoms with Crippen LogP contribution in [0.4, 0.5) is 0 Å². The van der Waals surface area contributed by atoms with Crippen LogP contribution in [0.5, 0.6) is 5.75 Å². The summed E-state index contributed by atoms with van der Waals surface area (Å²) in [5, 5.41) is 13.0. The lowest BCUT2D eigenvalue weighted by Gasteiger charge is -2.34. The van der Waals surface area contributed by atoms with Gasteiger partial charge in [0, 0.05) is 52.0 Å². The highest BCUT2D eigenvalue weighted by molar-refractivity contribution is 6.45. The third kappa shape index (κ3) is 15.9. The fraction of sp³-hybridized carbons (Fsp3) is 0.553. The van der Waals surface area contributed by atoms with Crippen LogP contribution in [0, 0.1) is 0 Å². The van der Waals surface area contributed by atoms with Gasteiger partial charge in [0.1, 0.15) is 24.5 Å². The zero-order chi connectivity index (χ0) is 46.9. The van der Waals surface area contributed by atoms with E-state index in [9.17, 15) is 19.2 Å². The van der Waals surface area contributed by atoms with Crippen LogP contribution in [0.15, 0.2) is 55.2 Å². The Morgan fingerprint density at radius 1 is 0.788 bits per heavy atom. The number of aromatic amines is 1. The van der Waals surface area contributed by atoms with E-state index in [4.69, 9.17) is 23.7 Å². The van der Waals surface area contributed by atoms with Crippen LogP contribution in [0.1, 0.15) is 106 Å². The smallest absolute Gasteiger partial charge is 0.295 e. The van der Waals surface area contributed by atoms with E-state index in [0.717, 1.165) is 5.69 Å². The van der Waals surface area contributed by atoms with Gasteiger partial charge in [-0.25, -0.2) is 19.3 Å². The number of carbonyl (C=O) groups is 4. The Labute approximate surface area is 388 Å². The van der Waals surface area contributed by atoms with Gasteiger partial charge in [-0.1, -0.05) is 82.2 Å². The Balaban J connectivity index is 0.000000887. The lowest BCUT2D eigenvalue weighted by molar-refractivity contribution is -0.127. The standard InChI is InChI=1S/C38H46N10O9.C9H20.H2/c1-27(49)8-9-29-24-47(44-42-29)14-15-54-16-17-55-18-19-56-20-21-57-25-32-41-26-48(43-32)36-34-33(31(53-2)23-40-36)30(22-39-34)35(50)38(52)46-12-10-45(11-13-46)37(51)28-6-4-3-5-7-28;1-3-5-7-9-8-6-4-2;/h3-7,22-24,26,39H,8-21,25H2,1-2H3;3-9H2,1-2H3;1H. The second-order valence-corrected chi connectivity index (χ2v) is 15.8. The number of H-pyrrole nitrogens is 1. The predicted octanol–water partition coefficient (Wildman–Crippen LogP) is 5.70. The summed E-state index contributed by atoms with van der Waals surface area (Å²) >= 11 is 0. The van der Waals surface area contributed by atoms with E-state index in [1.807, 2.05) is 12.3 Å². The van der Waals surface area contributed by atoms with Crippen molar-refractivity contribution in [3.05, 3.63) is 77.9 Å². The van der Waals surface area contributed by atoms with E-state index in [0.29, 0.717) is 113 Å². The van der Waals surface area contributed by atoms with Crippen molar-refractivity contribution in [2.24, 2.45) is 0 Å². The number of unbranched alkanes of at least 4 members (excludes halogenated alkanes) is 6. The van der Waals surface area contributed by atoms with Gasteiger partial charge in [0.05, 0.1) is 88.3 Å². The molecule has 0 radical (unpaired) electrons. The second-order valence-electron chi connectivity index (χ2n) is 15.8. The second kappa shape index (κ2) is 28.2. The van der Waals surface area contributed by atoms with Crippen molar-refractivity contribution in [3.63, 3.8) is 0 Å². The molecule has 0 atom stereocenters. The number of hydrogen-bond acceptors (Lipinski definition) is 14. The van der Waals surface area contributed by atoms with E-state index < -0.39 is 11.7 Å². The molecule has 19 heteroatoms. The summed E-state index contributed by atoms with van der Waals surface area (Å²) in [5.41, 5.74) is 1.94. The number of piperazine rings is 1. The van der Waals surface area contributed by atoms with Crippen LogP contribution in [0.3, 0.4) is 0 Å². The first-order valence-corrected chi connectivity index (χ1v) is 23.1. The Hall–Kier alpha value is -5.89. The number of pyridine rings is 1. The molecular weight excluding hydrogens is 849 g/mol. The lowest BCUT2D eigenvalue weighted by atomic mass is 10.1. The van der Waals surface area contributed by atoms with Gasteiger partial charge in [-0.2, -0.15) is 0 Å². The van der Waals surface area contributed by atoms with Gasteiger partial charge in [-0.05, 0) is 25.5 Å². The van der Waals surface area contributed by atoms with Crippen LogP contribution in [0.25, 0.3) is 16.7 Å². The van der Waals surface area contributed by atoms with Gasteiger partial charge < -0.3 is 43.3 Å². The first kappa shape index (κ1) is 51.1. The zero-order valence-corrected chi connectivity index (χ0v) is 39.0. The average molecular weight is 917 g/mol. The van der Waals surface area contributed by atoms with Crippen molar-refractivity contribution in [3.8, 4) is 11.6 Å². The minimum Gasteiger partial charge on any atom is -0.494 e. The van der Waals surface area contributed by atoms with Crippen molar-refractivity contribution >= 4 is 34.3 Å². The maximum absolute atomic E-state index is 13.6. The number of ether oxygens (including phenoxy) is 5. The first-order chi connectivity index (χ1) is 32.2. The highest BCUT2D eigenvalue weighted by Gasteiger charge is 2.31. The molecule has 1 aliphatic rings. The monoisotopic (exact) mass is 917 g/mol. The van der Waals surface area contributed by atoms with E-state index in [1.54, 1.807) is 40.8 Å². The van der Waals surface area contributed by atoms with Gasteiger partial charge >= 0.3 is 0 Å². The molecule has 19 nitrogen and oxygen atoms in total. The maximum atomic E-state index is 13.6. The van der Waals surface area contributed by atoms with E-state index >= 15 is 0 Å². The SMILES string of the molecule is CCCCCCCCC.COc1cnc(-n2cnc(COCCOCCOCCOCCn3cc(CCC(C)=O)nn3)n2)c2[nH]cc(C(=O)C(=O)N3CCN(C(=O)c4ccccc4)CC3)c12.[HH]. The van der Waals surface area contributed by atoms with Crippen molar-refractivity contribution < 1.29 is 44.3 Å². The van der Waals surface area contributed by atoms with Crippen LogP contribution in [0.2, 0.25) is 0 Å². The molecule has 0 unspecified atom stereocenters. The average Bonchev–Trinajstić information content (AvgIpc) is 4.13. The van der Waals surface area contributed by atoms with E-state index in [1.165, 1.54) is 80.4 Å². The van der Waals surface area contributed by atoms with Crippen molar-refractivity contribution in [1.82, 2.24) is 49.5 Å².